The highest BCUT2D eigenvalue weighted by molar-refractivity contribution is 7.93. The van der Waals surface area contributed by atoms with Gasteiger partial charge in [0.2, 0.25) is 10.0 Å². The Kier molecular flexibility index (Phi) is 5.42. The van der Waals surface area contributed by atoms with Crippen molar-refractivity contribution in [2.24, 2.45) is 0 Å². The molecule has 0 atom stereocenters. The minimum atomic E-state index is -3.81. The summed E-state index contributed by atoms with van der Waals surface area (Å²) in [6.45, 7) is 3.70. The standard InChI is InChI=1S/C18H21ClN2O4S2/c1-3-26(22,23)21-11-5-6-14-12-15(9-10-17(14)21)20-27(24,25)18-8-4-7-16(19)13(18)2/h4,7-10,12,20H,3,5-6,11H2,1-2H3. The summed E-state index contributed by atoms with van der Waals surface area (Å²) in [5.74, 6) is 0.0227. The summed E-state index contributed by atoms with van der Waals surface area (Å²) in [4.78, 5) is 0.114. The number of sulfonamides is 2. The largest absolute Gasteiger partial charge is 0.280 e. The molecule has 0 amide bonds. The normalized spacial score (nSPS) is 14.7. The molecule has 1 aliphatic rings. The summed E-state index contributed by atoms with van der Waals surface area (Å²) < 4.78 is 54.0. The van der Waals surface area contributed by atoms with Crippen molar-refractivity contribution in [2.45, 2.75) is 31.6 Å². The van der Waals surface area contributed by atoms with Gasteiger partial charge in [0.15, 0.2) is 0 Å². The summed E-state index contributed by atoms with van der Waals surface area (Å²) >= 11 is 6.04. The predicted molar refractivity (Wildman–Crippen MR) is 109 cm³/mol. The van der Waals surface area contributed by atoms with E-state index in [9.17, 15) is 16.8 Å². The first-order chi connectivity index (χ1) is 12.7. The minimum absolute atomic E-state index is 0.0227. The molecule has 0 bridgehead atoms. The molecule has 3 rings (SSSR count). The lowest BCUT2D eigenvalue weighted by molar-refractivity contribution is 0.587. The van der Waals surface area contributed by atoms with Crippen LogP contribution >= 0.6 is 11.6 Å². The second kappa shape index (κ2) is 7.33. The molecular weight excluding hydrogens is 408 g/mol. The fraction of sp³-hybridized carbons (Fsp3) is 0.333. The van der Waals surface area contributed by atoms with Crippen molar-refractivity contribution in [3.63, 3.8) is 0 Å². The lowest BCUT2D eigenvalue weighted by Gasteiger charge is -2.30. The van der Waals surface area contributed by atoms with E-state index in [1.54, 1.807) is 44.2 Å². The first-order valence-electron chi connectivity index (χ1n) is 8.57. The van der Waals surface area contributed by atoms with Crippen LogP contribution in [0.1, 0.15) is 24.5 Å². The molecule has 0 saturated heterocycles. The van der Waals surface area contributed by atoms with Crippen molar-refractivity contribution < 1.29 is 16.8 Å². The second-order valence-corrected chi connectivity index (χ2v) is 10.6. The predicted octanol–water partition coefficient (Wildman–Crippen LogP) is 3.55. The molecule has 9 heteroatoms. The molecule has 0 spiro atoms. The minimum Gasteiger partial charge on any atom is -0.280 e. The zero-order chi connectivity index (χ0) is 19.8. The van der Waals surface area contributed by atoms with Gasteiger partial charge in [0.05, 0.1) is 16.3 Å². The Morgan fingerprint density at radius 3 is 2.59 bits per heavy atom. The number of nitrogens with one attached hydrogen (secondary N) is 1. The van der Waals surface area contributed by atoms with Crippen molar-refractivity contribution in [3.8, 4) is 0 Å². The molecule has 1 N–H and O–H groups in total. The summed E-state index contributed by atoms with van der Waals surface area (Å²) in [7, 11) is -7.16. The topological polar surface area (TPSA) is 83.6 Å². The Morgan fingerprint density at radius 1 is 1.15 bits per heavy atom. The van der Waals surface area contributed by atoms with E-state index in [1.807, 2.05) is 0 Å². The van der Waals surface area contributed by atoms with E-state index in [4.69, 9.17) is 11.6 Å². The number of fused-ring (bicyclic) bond motifs is 1. The summed E-state index contributed by atoms with van der Waals surface area (Å²) in [5, 5.41) is 0.378. The monoisotopic (exact) mass is 428 g/mol. The zero-order valence-electron chi connectivity index (χ0n) is 15.1. The lowest BCUT2D eigenvalue weighted by atomic mass is 10.0. The molecule has 1 aliphatic heterocycles. The van der Waals surface area contributed by atoms with Gasteiger partial charge < -0.3 is 0 Å². The fourth-order valence-electron chi connectivity index (χ4n) is 3.16. The van der Waals surface area contributed by atoms with E-state index in [0.29, 0.717) is 41.3 Å². The average molecular weight is 429 g/mol. The SMILES string of the molecule is CCS(=O)(=O)N1CCCc2cc(NS(=O)(=O)c3cccc(Cl)c3C)ccc21. The van der Waals surface area contributed by atoms with Crippen LogP contribution < -0.4 is 9.03 Å². The Morgan fingerprint density at radius 2 is 1.89 bits per heavy atom. The molecule has 6 nitrogen and oxygen atoms in total. The summed E-state index contributed by atoms with van der Waals surface area (Å²) in [5.41, 5.74) is 2.29. The van der Waals surface area contributed by atoms with Crippen LogP contribution in [0.15, 0.2) is 41.3 Å². The van der Waals surface area contributed by atoms with Gasteiger partial charge in [-0.2, -0.15) is 0 Å². The quantitative estimate of drug-likeness (QED) is 0.789. The van der Waals surface area contributed by atoms with Gasteiger partial charge in [0.25, 0.3) is 10.0 Å². The second-order valence-electron chi connectivity index (χ2n) is 6.39. The van der Waals surface area contributed by atoms with E-state index >= 15 is 0 Å². The maximum absolute atomic E-state index is 12.7. The molecule has 2 aromatic rings. The van der Waals surface area contributed by atoms with Gasteiger partial charge in [-0.05, 0) is 68.1 Å². The highest BCUT2D eigenvalue weighted by Gasteiger charge is 2.26. The van der Waals surface area contributed by atoms with Crippen LogP contribution in [0, 0.1) is 6.92 Å². The third kappa shape index (κ3) is 3.93. The van der Waals surface area contributed by atoms with Gasteiger partial charge in [0.1, 0.15) is 0 Å². The molecule has 0 fully saturated rings. The van der Waals surface area contributed by atoms with Crippen LogP contribution in [0.3, 0.4) is 0 Å². The maximum atomic E-state index is 12.7. The van der Waals surface area contributed by atoms with Gasteiger partial charge in [-0.25, -0.2) is 16.8 Å². The van der Waals surface area contributed by atoms with Crippen LogP contribution in [0.5, 0.6) is 0 Å². The number of nitrogens with zero attached hydrogens (tertiary/aromatic N) is 1. The Labute approximate surface area is 165 Å². The summed E-state index contributed by atoms with van der Waals surface area (Å²) in [6.07, 6.45) is 1.38. The van der Waals surface area contributed by atoms with Gasteiger partial charge in [-0.15, -0.1) is 0 Å². The molecular formula is C18H21ClN2O4S2. The average Bonchev–Trinajstić information content (AvgIpc) is 2.62. The van der Waals surface area contributed by atoms with Crippen molar-refractivity contribution >= 4 is 43.0 Å². The van der Waals surface area contributed by atoms with Gasteiger partial charge in [-0.3, -0.25) is 9.03 Å². The smallest absolute Gasteiger partial charge is 0.262 e. The van der Waals surface area contributed by atoms with E-state index in [0.717, 1.165) is 5.56 Å². The van der Waals surface area contributed by atoms with Crippen LogP contribution in [0.2, 0.25) is 5.02 Å². The first-order valence-corrected chi connectivity index (χ1v) is 12.0. The van der Waals surface area contributed by atoms with Gasteiger partial charge >= 0.3 is 0 Å². The summed E-state index contributed by atoms with van der Waals surface area (Å²) in [6, 6.07) is 9.66. The van der Waals surface area contributed by atoms with E-state index in [-0.39, 0.29) is 10.6 Å². The first kappa shape index (κ1) is 20.0. The van der Waals surface area contributed by atoms with Crippen LogP contribution in [-0.2, 0) is 26.5 Å². The van der Waals surface area contributed by atoms with Crippen LogP contribution in [0.4, 0.5) is 11.4 Å². The zero-order valence-corrected chi connectivity index (χ0v) is 17.5. The van der Waals surface area contributed by atoms with E-state index in [2.05, 4.69) is 4.72 Å². The highest BCUT2D eigenvalue weighted by atomic mass is 35.5. The number of aryl methyl sites for hydroxylation is 1. The number of hydrogen-bond donors (Lipinski definition) is 1. The number of rotatable bonds is 5. The molecule has 0 unspecified atom stereocenters. The Bertz CT molecular complexity index is 1080. The highest BCUT2D eigenvalue weighted by Crippen LogP contribution is 2.33. The molecule has 146 valence electrons. The van der Waals surface area contributed by atoms with Crippen LogP contribution in [-0.4, -0.2) is 29.1 Å². The van der Waals surface area contributed by atoms with Crippen molar-refractivity contribution in [1.82, 2.24) is 0 Å². The van der Waals surface area contributed by atoms with Gasteiger partial charge in [0, 0.05) is 17.3 Å². The number of halogens is 1. The van der Waals surface area contributed by atoms with Crippen molar-refractivity contribution in [1.29, 1.82) is 0 Å². The number of hydrogen-bond acceptors (Lipinski definition) is 4. The van der Waals surface area contributed by atoms with E-state index in [1.165, 1.54) is 10.4 Å². The van der Waals surface area contributed by atoms with Crippen molar-refractivity contribution in [2.75, 3.05) is 21.3 Å². The molecule has 1 heterocycles. The lowest BCUT2D eigenvalue weighted by Crippen LogP contribution is -2.36. The molecule has 27 heavy (non-hydrogen) atoms. The van der Waals surface area contributed by atoms with E-state index < -0.39 is 20.0 Å². The Balaban J connectivity index is 1.95. The fourth-order valence-corrected chi connectivity index (χ4v) is 5.91. The molecule has 0 saturated carbocycles. The molecule has 0 radical (unpaired) electrons. The van der Waals surface area contributed by atoms with Crippen molar-refractivity contribution in [3.05, 3.63) is 52.5 Å². The maximum Gasteiger partial charge on any atom is 0.262 e. The molecule has 2 aromatic carbocycles. The number of benzene rings is 2. The third-order valence-corrected chi connectivity index (χ3v) is 8.33. The molecule has 0 aromatic heterocycles. The number of anilines is 2. The van der Waals surface area contributed by atoms with Crippen LogP contribution in [0.25, 0.3) is 0 Å². The molecule has 0 aliphatic carbocycles. The Hall–Kier alpha value is -1.77. The van der Waals surface area contributed by atoms with Gasteiger partial charge in [-0.1, -0.05) is 17.7 Å². The third-order valence-electron chi connectivity index (χ3n) is 4.62.